The molecule has 0 aromatic rings. The lowest BCUT2D eigenvalue weighted by Crippen LogP contribution is -2.69. The van der Waals surface area contributed by atoms with Gasteiger partial charge in [0, 0.05) is 6.92 Å². The maximum Gasteiger partial charge on any atom is 0.265 e. The molecule has 0 fully saturated rings. The van der Waals surface area contributed by atoms with Crippen LogP contribution in [0.5, 0.6) is 0 Å². The van der Waals surface area contributed by atoms with E-state index in [1.54, 1.807) is 0 Å². The molecule has 25 N–H and O–H groups in total. The van der Waals surface area contributed by atoms with Crippen LogP contribution < -0.4 is 82.3 Å². The third-order valence-electron chi connectivity index (χ3n) is 4.06. The number of nitrogens with two attached hydrogens (primary N) is 6. The van der Waals surface area contributed by atoms with Crippen molar-refractivity contribution >= 4 is 59.3 Å². The first-order valence-corrected chi connectivity index (χ1v) is 10.8. The fourth-order valence-electron chi connectivity index (χ4n) is 2.48. The Morgan fingerprint density at radius 1 is 0.463 bits per heavy atom. The molecule has 0 rings (SSSR count). The molecule has 0 spiro atoms. The molecule has 6 amide bonds. The van der Waals surface area contributed by atoms with Crippen LogP contribution in [-0.4, -0.2) is 90.1 Å². The quantitative estimate of drug-likeness (QED) is 0.0509. The van der Waals surface area contributed by atoms with Crippen molar-refractivity contribution in [2.75, 3.05) is 0 Å². The summed E-state index contributed by atoms with van der Waals surface area (Å²) in [6.45, 7) is 1.03. The second-order valence-corrected chi connectivity index (χ2v) is 7.58. The summed E-state index contributed by atoms with van der Waals surface area (Å²) >= 11 is 0. The molecule has 0 bridgehead atoms. The molecular weight excluding hydrogens is 554 g/mol. The maximum atomic E-state index is 12.9. The number of hydrogen-bond donors (Lipinski definition) is 19. The first-order chi connectivity index (χ1) is 18.8. The molecule has 25 heteroatoms. The molecule has 0 aromatic heterocycles. The van der Waals surface area contributed by atoms with E-state index in [9.17, 15) is 28.8 Å². The zero-order valence-electron chi connectivity index (χ0n) is 21.3. The summed E-state index contributed by atoms with van der Waals surface area (Å²) in [6, 6.07) is 0. The van der Waals surface area contributed by atoms with Gasteiger partial charge < -0.3 is 82.3 Å². The second kappa shape index (κ2) is 16.0. The molecule has 25 nitrogen and oxygen atoms in total. The zero-order chi connectivity index (χ0) is 32.0. The van der Waals surface area contributed by atoms with Crippen molar-refractivity contribution in [3.63, 3.8) is 0 Å². The Hall–Kier alpha value is -6.14. The van der Waals surface area contributed by atoms with Gasteiger partial charge >= 0.3 is 0 Å². The van der Waals surface area contributed by atoms with E-state index >= 15 is 0 Å². The molecule has 0 saturated heterocycles. The van der Waals surface area contributed by atoms with E-state index in [1.807, 2.05) is 31.9 Å². The Morgan fingerprint density at radius 2 is 0.707 bits per heavy atom. The number of nitrogens with one attached hydrogen (secondary N) is 13. The van der Waals surface area contributed by atoms with Crippen molar-refractivity contribution in [2.24, 2.45) is 34.4 Å². The van der Waals surface area contributed by atoms with Crippen LogP contribution in [0.2, 0.25) is 0 Å². The summed E-state index contributed by atoms with van der Waals surface area (Å²) in [5.41, 5.74) is 31.2. The number of amides is 6. The Kier molecular flexibility index (Phi) is 13.6. The number of rotatable bonds is 14. The van der Waals surface area contributed by atoms with E-state index in [0.717, 1.165) is 6.92 Å². The molecular formula is C16H33N19O6. The highest BCUT2D eigenvalue weighted by Crippen LogP contribution is 1.91. The Morgan fingerprint density at radius 3 is 0.927 bits per heavy atom. The van der Waals surface area contributed by atoms with Gasteiger partial charge in [0.2, 0.25) is 5.91 Å². The van der Waals surface area contributed by atoms with Crippen LogP contribution in [0.4, 0.5) is 0 Å². The molecule has 0 aromatic carbocycles. The van der Waals surface area contributed by atoms with Crippen LogP contribution in [0.25, 0.3) is 0 Å². The number of guanidine groups is 4. The Bertz CT molecular complexity index is 1080. The lowest BCUT2D eigenvalue weighted by Gasteiger charge is -2.27. The van der Waals surface area contributed by atoms with Gasteiger partial charge in [-0.15, -0.1) is 0 Å². The highest BCUT2D eigenvalue weighted by molar-refractivity contribution is 5.99. The molecule has 228 valence electrons. The molecule has 5 atom stereocenters. The molecule has 0 aliphatic rings. The fraction of sp³-hybridized carbons (Fsp3) is 0.375. The summed E-state index contributed by atoms with van der Waals surface area (Å²) in [5, 5.41) is 47.6. The largest absolute Gasteiger partial charge is 0.370 e. The van der Waals surface area contributed by atoms with Gasteiger partial charge in [-0.05, 0) is 0 Å². The molecule has 5 unspecified atom stereocenters. The van der Waals surface area contributed by atoms with E-state index in [4.69, 9.17) is 56.0 Å². The average molecular weight is 588 g/mol. The number of hydrogen-bond acceptors (Lipinski definition) is 11. The SMILES string of the molecule is CC(=O)NC(NC(=N)N)C(=O)NC(NC(=N)N)C(=O)NC(NC(=N)N)C(=O)NC(NC(=N)N)C(=O)NC(N)C(N)=O. The van der Waals surface area contributed by atoms with Crippen molar-refractivity contribution in [2.45, 2.75) is 37.8 Å². The number of carbonyl (C=O) groups is 6. The minimum atomic E-state index is -1.98. The van der Waals surface area contributed by atoms with Gasteiger partial charge in [-0.1, -0.05) is 0 Å². The predicted molar refractivity (Wildman–Crippen MR) is 139 cm³/mol. The van der Waals surface area contributed by atoms with E-state index in [0.29, 0.717) is 0 Å². The second-order valence-electron chi connectivity index (χ2n) is 7.58. The Labute approximate surface area is 230 Å². The van der Waals surface area contributed by atoms with Crippen LogP contribution in [0.1, 0.15) is 6.92 Å². The summed E-state index contributed by atoms with van der Waals surface area (Å²) in [4.78, 5) is 73.4. The van der Waals surface area contributed by atoms with Crippen molar-refractivity contribution < 1.29 is 28.8 Å². The van der Waals surface area contributed by atoms with Crippen LogP contribution in [-0.2, 0) is 28.8 Å². The normalized spacial score (nSPS) is 13.6. The van der Waals surface area contributed by atoms with Gasteiger partial charge in [0.25, 0.3) is 29.5 Å². The monoisotopic (exact) mass is 587 g/mol. The lowest BCUT2D eigenvalue weighted by atomic mass is 10.3. The van der Waals surface area contributed by atoms with Crippen molar-refractivity contribution in [3.8, 4) is 0 Å². The van der Waals surface area contributed by atoms with Crippen molar-refractivity contribution in [1.82, 2.24) is 47.9 Å². The molecule has 41 heavy (non-hydrogen) atoms. The fourth-order valence-corrected chi connectivity index (χ4v) is 2.48. The number of carbonyl (C=O) groups excluding carboxylic acids is 6. The number of primary amides is 1. The van der Waals surface area contributed by atoms with Gasteiger partial charge in [-0.3, -0.25) is 50.4 Å². The van der Waals surface area contributed by atoms with E-state index in [-0.39, 0.29) is 0 Å². The highest BCUT2D eigenvalue weighted by atomic mass is 16.2. The van der Waals surface area contributed by atoms with Gasteiger partial charge in [0.1, 0.15) is 0 Å². The summed E-state index contributed by atoms with van der Waals surface area (Å²) in [6.07, 6.45) is -9.18. The summed E-state index contributed by atoms with van der Waals surface area (Å²) in [7, 11) is 0. The molecule has 0 aliphatic heterocycles. The lowest BCUT2D eigenvalue weighted by molar-refractivity contribution is -0.135. The maximum absolute atomic E-state index is 12.9. The third kappa shape index (κ3) is 13.8. The minimum absolute atomic E-state index is 0.739. The molecule has 0 aliphatic carbocycles. The Balaban J connectivity index is 5.98. The topological polar surface area (TPSA) is 462 Å². The molecule has 0 radical (unpaired) electrons. The van der Waals surface area contributed by atoms with Crippen LogP contribution in [0.15, 0.2) is 0 Å². The van der Waals surface area contributed by atoms with E-state index in [1.165, 1.54) is 0 Å². The highest BCUT2D eigenvalue weighted by Gasteiger charge is 2.32. The van der Waals surface area contributed by atoms with Crippen LogP contribution >= 0.6 is 0 Å². The van der Waals surface area contributed by atoms with Gasteiger partial charge in [0.15, 0.2) is 54.7 Å². The van der Waals surface area contributed by atoms with Gasteiger partial charge in [-0.2, -0.15) is 0 Å². The molecule has 0 heterocycles. The first kappa shape index (κ1) is 34.9. The molecule has 0 saturated carbocycles. The summed E-state index contributed by atoms with van der Waals surface area (Å²) in [5.74, 6) is -10.2. The first-order valence-electron chi connectivity index (χ1n) is 10.8. The minimum Gasteiger partial charge on any atom is -0.370 e. The third-order valence-corrected chi connectivity index (χ3v) is 4.06. The van der Waals surface area contributed by atoms with Crippen LogP contribution in [0.3, 0.4) is 0 Å². The average Bonchev–Trinajstić information content (AvgIpc) is 2.80. The van der Waals surface area contributed by atoms with Gasteiger partial charge in [0.05, 0.1) is 0 Å². The summed E-state index contributed by atoms with van der Waals surface area (Å²) < 4.78 is 0. The smallest absolute Gasteiger partial charge is 0.265 e. The van der Waals surface area contributed by atoms with Crippen molar-refractivity contribution in [3.05, 3.63) is 0 Å². The standard InChI is InChI=1S/C16H33N19O6/c1-2(36)27-5(32-13(19)20)10(39)30-7(34-15(23)24)12(41)31-8(35-16(25)26)11(40)29-6(33-14(21)22)9(38)28-3(17)4(18)37/h3,5-8H,17H2,1H3,(H2,18,37)(H,27,36)(H,28,38)(H,29,40)(H,30,39)(H,31,41)(H4,19,20,32)(H4,21,22,33)(H4,23,24,34)(H4,25,26,35). The zero-order valence-corrected chi connectivity index (χ0v) is 21.3. The van der Waals surface area contributed by atoms with E-state index in [2.05, 4.69) is 16.0 Å². The van der Waals surface area contributed by atoms with Crippen molar-refractivity contribution in [1.29, 1.82) is 21.6 Å². The van der Waals surface area contributed by atoms with E-state index < -0.39 is 90.1 Å². The van der Waals surface area contributed by atoms with Gasteiger partial charge in [-0.25, -0.2) is 0 Å². The van der Waals surface area contributed by atoms with Crippen LogP contribution in [0, 0.1) is 21.6 Å². The predicted octanol–water partition coefficient (Wildman–Crippen LogP) is -10.4.